The Hall–Kier alpha value is -1.33. The van der Waals surface area contributed by atoms with Crippen molar-refractivity contribution in [2.45, 2.75) is 42.5 Å². The molecule has 5 nitrogen and oxygen atoms in total. The lowest BCUT2D eigenvalue weighted by Gasteiger charge is -2.87. The summed E-state index contributed by atoms with van der Waals surface area (Å²) in [6.45, 7) is 0. The molecule has 0 aromatic rings. The predicted octanol–water partition coefficient (Wildman–Crippen LogP) is 0.508. The average Bonchev–Trinajstić information content (AvgIpc) is 2.83. The van der Waals surface area contributed by atoms with E-state index >= 15 is 0 Å². The van der Waals surface area contributed by atoms with Crippen LogP contribution >= 0.6 is 0 Å². The van der Waals surface area contributed by atoms with Crippen molar-refractivity contribution in [1.82, 2.24) is 4.90 Å². The van der Waals surface area contributed by atoms with Crippen molar-refractivity contribution in [3.8, 4) is 0 Å². The number of ketones is 1. The SMILES string of the molecule is CN1C2CC3C=CC(O)=C4OC5C(=O)CC16CC5(C43)C26O. The predicted molar refractivity (Wildman–Crippen MR) is 71.2 cm³/mol. The third-order valence-corrected chi connectivity index (χ3v) is 7.62. The number of aliphatic hydroxyl groups is 2. The van der Waals surface area contributed by atoms with E-state index in [4.69, 9.17) is 4.74 Å². The zero-order valence-corrected chi connectivity index (χ0v) is 11.7. The number of nitrogens with zero attached hydrogens (tertiary/aromatic N) is 1. The first kappa shape index (κ1) is 11.3. The molecule has 0 aromatic heterocycles. The second kappa shape index (κ2) is 2.68. The monoisotopic (exact) mass is 287 g/mol. The zero-order chi connectivity index (χ0) is 14.4. The van der Waals surface area contributed by atoms with Crippen LogP contribution in [0, 0.1) is 17.3 Å². The van der Waals surface area contributed by atoms with Crippen LogP contribution in [0.1, 0.15) is 19.3 Å². The van der Waals surface area contributed by atoms with Gasteiger partial charge in [-0.15, -0.1) is 0 Å². The van der Waals surface area contributed by atoms with Crippen LogP contribution in [0.2, 0.25) is 0 Å². The molecule has 5 heteroatoms. The van der Waals surface area contributed by atoms with Crippen LogP contribution in [-0.2, 0) is 9.53 Å². The third kappa shape index (κ3) is 0.724. The van der Waals surface area contributed by atoms with Gasteiger partial charge in [0.05, 0.1) is 11.0 Å². The molecule has 2 N–H and O–H groups in total. The van der Waals surface area contributed by atoms with Gasteiger partial charge in [0.1, 0.15) is 11.4 Å². The molecule has 2 spiro atoms. The number of fused-ring (bicyclic) bond motifs is 1. The molecule has 21 heavy (non-hydrogen) atoms. The quantitative estimate of drug-likeness (QED) is 0.679. The van der Waals surface area contributed by atoms with E-state index in [1.54, 1.807) is 6.08 Å². The van der Waals surface area contributed by atoms with Gasteiger partial charge >= 0.3 is 0 Å². The number of carbonyl (C=O) groups excluding carboxylic acids is 1. The van der Waals surface area contributed by atoms with Gasteiger partial charge in [-0.25, -0.2) is 0 Å². The molecule has 6 fully saturated rings. The van der Waals surface area contributed by atoms with Crippen molar-refractivity contribution in [3.63, 3.8) is 0 Å². The molecule has 2 heterocycles. The molecule has 0 aromatic carbocycles. The second-order valence-corrected chi connectivity index (χ2v) is 7.77. The van der Waals surface area contributed by atoms with Crippen LogP contribution in [0.5, 0.6) is 0 Å². The molecule has 2 bridgehead atoms. The van der Waals surface area contributed by atoms with Crippen molar-refractivity contribution in [2.24, 2.45) is 17.3 Å². The van der Waals surface area contributed by atoms with Gasteiger partial charge in [0.15, 0.2) is 17.6 Å². The minimum Gasteiger partial charge on any atom is -0.504 e. The van der Waals surface area contributed by atoms with Gasteiger partial charge in [0.25, 0.3) is 0 Å². The van der Waals surface area contributed by atoms with Crippen molar-refractivity contribution < 1.29 is 19.7 Å². The summed E-state index contributed by atoms with van der Waals surface area (Å²) in [6, 6.07) is 0.107. The van der Waals surface area contributed by atoms with Crippen LogP contribution < -0.4 is 0 Å². The summed E-state index contributed by atoms with van der Waals surface area (Å²) < 4.78 is 5.93. The van der Waals surface area contributed by atoms with Gasteiger partial charge in [-0.2, -0.15) is 0 Å². The summed E-state index contributed by atoms with van der Waals surface area (Å²) in [5, 5.41) is 21.7. The third-order valence-electron chi connectivity index (χ3n) is 7.62. The summed E-state index contributed by atoms with van der Waals surface area (Å²) in [5.41, 5.74) is -1.69. The van der Waals surface area contributed by atoms with Crippen molar-refractivity contribution in [3.05, 3.63) is 23.7 Å². The first-order chi connectivity index (χ1) is 9.97. The lowest BCUT2D eigenvalue weighted by molar-refractivity contribution is -0.424. The first-order valence-corrected chi connectivity index (χ1v) is 7.73. The number of rotatable bonds is 0. The molecule has 110 valence electrons. The lowest BCUT2D eigenvalue weighted by atomic mass is 9.26. The Morgan fingerprint density at radius 1 is 1.48 bits per heavy atom. The Kier molecular flexibility index (Phi) is 1.44. The minimum atomic E-state index is -0.818. The van der Waals surface area contributed by atoms with E-state index in [9.17, 15) is 15.0 Å². The second-order valence-electron chi connectivity index (χ2n) is 7.77. The fraction of sp³-hybridized carbons (Fsp3) is 0.688. The molecule has 7 atom stereocenters. The first-order valence-electron chi connectivity index (χ1n) is 7.73. The average molecular weight is 287 g/mol. The molecule has 2 saturated heterocycles. The highest BCUT2D eigenvalue weighted by Gasteiger charge is 2.95. The van der Waals surface area contributed by atoms with Crippen molar-refractivity contribution in [1.29, 1.82) is 0 Å². The van der Waals surface area contributed by atoms with Gasteiger partial charge < -0.3 is 14.9 Å². The molecule has 4 saturated carbocycles. The zero-order valence-electron chi connectivity index (χ0n) is 11.7. The number of carbonyl (C=O) groups is 1. The minimum absolute atomic E-state index is 0.0279. The summed E-state index contributed by atoms with van der Waals surface area (Å²) >= 11 is 0. The Balaban J connectivity index is 1.66. The molecule has 7 aliphatic rings. The van der Waals surface area contributed by atoms with E-state index in [0.29, 0.717) is 12.2 Å². The van der Waals surface area contributed by atoms with Gasteiger partial charge in [-0.1, -0.05) is 6.08 Å². The largest absolute Gasteiger partial charge is 0.504 e. The van der Waals surface area contributed by atoms with Gasteiger partial charge in [0, 0.05) is 18.4 Å². The Labute approximate surface area is 121 Å². The molecule has 7 unspecified atom stereocenters. The number of likely N-dealkylation sites (N-methyl/N-ethyl adjacent to an activating group) is 1. The molecule has 0 amide bonds. The maximum atomic E-state index is 12.6. The summed E-state index contributed by atoms with van der Waals surface area (Å²) in [6.07, 6.45) is 5.23. The van der Waals surface area contributed by atoms with E-state index in [1.807, 2.05) is 13.1 Å². The standard InChI is InChI=1S/C16H17NO4/c1-17-10-4-7-2-3-8(18)12-11(7)15-6-14(17,16(10,15)20)5-9(19)13(15)21-12/h2-3,7,10-11,13,18,20H,4-6H2,1H3. The number of likely N-dealkylation sites (tertiary alicyclic amines) is 1. The molecular weight excluding hydrogens is 270 g/mol. The highest BCUT2D eigenvalue weighted by atomic mass is 16.5. The number of allylic oxidation sites excluding steroid dienone is 3. The van der Waals surface area contributed by atoms with Crippen LogP contribution in [0.15, 0.2) is 23.7 Å². The van der Waals surface area contributed by atoms with Crippen LogP contribution in [-0.4, -0.2) is 51.2 Å². The smallest absolute Gasteiger partial charge is 0.175 e. The topological polar surface area (TPSA) is 70.0 Å². The number of piperidine rings is 1. The maximum absolute atomic E-state index is 12.6. The van der Waals surface area contributed by atoms with E-state index in [1.165, 1.54) is 0 Å². The van der Waals surface area contributed by atoms with E-state index < -0.39 is 17.1 Å². The van der Waals surface area contributed by atoms with Crippen molar-refractivity contribution >= 4 is 5.78 Å². The fourth-order valence-corrected chi connectivity index (χ4v) is 7.01. The van der Waals surface area contributed by atoms with E-state index in [0.717, 1.165) is 12.8 Å². The van der Waals surface area contributed by atoms with E-state index in [-0.39, 0.29) is 35.0 Å². The number of hydrogen-bond acceptors (Lipinski definition) is 5. The van der Waals surface area contributed by atoms with Gasteiger partial charge in [0.2, 0.25) is 0 Å². The molecule has 7 rings (SSSR count). The van der Waals surface area contributed by atoms with Gasteiger partial charge in [-0.05, 0) is 31.9 Å². The highest BCUT2D eigenvalue weighted by molar-refractivity contribution is 5.91. The highest BCUT2D eigenvalue weighted by Crippen LogP contribution is 2.83. The lowest BCUT2D eigenvalue weighted by Crippen LogP contribution is -3.01. The molecule has 2 aliphatic heterocycles. The number of ether oxygens (including phenoxy) is 1. The van der Waals surface area contributed by atoms with Gasteiger partial charge in [-0.3, -0.25) is 9.69 Å². The molecular formula is C16H17NO4. The summed E-state index contributed by atoms with van der Waals surface area (Å²) in [5.74, 6) is 1.00. The molecule has 0 radical (unpaired) electrons. The van der Waals surface area contributed by atoms with Crippen LogP contribution in [0.3, 0.4) is 0 Å². The van der Waals surface area contributed by atoms with Crippen LogP contribution in [0.4, 0.5) is 0 Å². The summed E-state index contributed by atoms with van der Waals surface area (Å²) in [4.78, 5) is 14.8. The summed E-state index contributed by atoms with van der Waals surface area (Å²) in [7, 11) is 2.04. The number of Topliss-reactive ketones (excluding diaryl/α,β-unsaturated/α-hetero) is 1. The number of aliphatic hydroxyl groups excluding tert-OH is 1. The molecule has 5 aliphatic carbocycles. The Bertz CT molecular complexity index is 698. The Morgan fingerprint density at radius 3 is 3.10 bits per heavy atom. The maximum Gasteiger partial charge on any atom is 0.175 e. The number of hydrogen-bond donors (Lipinski definition) is 2. The fourth-order valence-electron chi connectivity index (χ4n) is 7.01. The van der Waals surface area contributed by atoms with Crippen LogP contribution in [0.25, 0.3) is 0 Å². The van der Waals surface area contributed by atoms with Crippen molar-refractivity contribution in [2.75, 3.05) is 7.05 Å². The van der Waals surface area contributed by atoms with E-state index in [2.05, 4.69) is 4.90 Å². The Morgan fingerprint density at radius 2 is 2.29 bits per heavy atom. The normalized spacial score (nSPS) is 61.9.